The Hall–Kier alpha value is -2.24. The van der Waals surface area contributed by atoms with Crippen LogP contribution in [0.1, 0.15) is 25.3 Å². The molecule has 21 heavy (non-hydrogen) atoms. The zero-order valence-electron chi connectivity index (χ0n) is 12.0. The van der Waals surface area contributed by atoms with Crippen molar-refractivity contribution in [2.75, 3.05) is 6.54 Å². The number of phenolic OH excluding ortho intramolecular Hbond substituents is 1. The molecule has 1 aromatic carbocycles. The van der Waals surface area contributed by atoms with Crippen LogP contribution in [0, 0.1) is 0 Å². The van der Waals surface area contributed by atoms with Crippen LogP contribution in [-0.4, -0.2) is 45.7 Å². The van der Waals surface area contributed by atoms with Crippen molar-refractivity contribution >= 4 is 12.0 Å². The van der Waals surface area contributed by atoms with Crippen LogP contribution in [0.15, 0.2) is 24.3 Å². The van der Waals surface area contributed by atoms with E-state index in [1.807, 2.05) is 6.92 Å². The first-order valence-corrected chi connectivity index (χ1v) is 7.05. The molecule has 6 nitrogen and oxygen atoms in total. The Bertz CT molecular complexity index is 515. The number of aromatic hydroxyl groups is 1. The minimum Gasteiger partial charge on any atom is -0.508 e. The molecule has 1 unspecified atom stereocenters. The fraction of sp³-hybridized carbons (Fsp3) is 0.467. The van der Waals surface area contributed by atoms with Crippen molar-refractivity contribution in [2.24, 2.45) is 0 Å². The highest BCUT2D eigenvalue weighted by atomic mass is 16.4. The van der Waals surface area contributed by atoms with Crippen molar-refractivity contribution in [3.63, 3.8) is 0 Å². The van der Waals surface area contributed by atoms with Gasteiger partial charge in [-0.1, -0.05) is 12.1 Å². The molecule has 0 aromatic heterocycles. The number of amides is 2. The van der Waals surface area contributed by atoms with Crippen molar-refractivity contribution in [3.05, 3.63) is 29.8 Å². The van der Waals surface area contributed by atoms with Gasteiger partial charge in [0.2, 0.25) is 0 Å². The van der Waals surface area contributed by atoms with Gasteiger partial charge < -0.3 is 20.4 Å². The van der Waals surface area contributed by atoms with Gasteiger partial charge in [0.05, 0.1) is 0 Å². The molecule has 1 aliphatic heterocycles. The Morgan fingerprint density at radius 3 is 2.57 bits per heavy atom. The largest absolute Gasteiger partial charge is 0.508 e. The van der Waals surface area contributed by atoms with E-state index < -0.39 is 12.0 Å². The predicted molar refractivity (Wildman–Crippen MR) is 77.2 cm³/mol. The number of urea groups is 1. The Morgan fingerprint density at radius 1 is 1.38 bits per heavy atom. The van der Waals surface area contributed by atoms with E-state index in [0.29, 0.717) is 6.54 Å². The number of nitrogens with zero attached hydrogens (tertiary/aromatic N) is 1. The topological polar surface area (TPSA) is 89.9 Å². The van der Waals surface area contributed by atoms with E-state index in [9.17, 15) is 19.8 Å². The highest BCUT2D eigenvalue weighted by Crippen LogP contribution is 2.17. The van der Waals surface area contributed by atoms with Crippen LogP contribution in [0.25, 0.3) is 0 Å². The zero-order valence-corrected chi connectivity index (χ0v) is 12.0. The van der Waals surface area contributed by atoms with Gasteiger partial charge in [-0.15, -0.1) is 0 Å². The van der Waals surface area contributed by atoms with E-state index in [1.165, 1.54) is 12.1 Å². The number of carboxylic acids is 1. The van der Waals surface area contributed by atoms with Crippen LogP contribution < -0.4 is 5.32 Å². The number of rotatable bonds is 4. The molecular formula is C15H20N2O4. The Balaban J connectivity index is 2.00. The summed E-state index contributed by atoms with van der Waals surface area (Å²) in [5.74, 6) is -0.941. The third-order valence-electron chi connectivity index (χ3n) is 3.79. The van der Waals surface area contributed by atoms with Gasteiger partial charge in [-0.2, -0.15) is 0 Å². The fourth-order valence-electron chi connectivity index (χ4n) is 2.53. The number of hydrogen-bond acceptors (Lipinski definition) is 3. The molecule has 1 saturated heterocycles. The fourth-order valence-corrected chi connectivity index (χ4v) is 2.53. The van der Waals surface area contributed by atoms with Gasteiger partial charge in [0, 0.05) is 19.0 Å². The van der Waals surface area contributed by atoms with Crippen molar-refractivity contribution in [3.8, 4) is 5.75 Å². The second-order valence-electron chi connectivity index (χ2n) is 5.40. The number of likely N-dealkylation sites (tertiary alicyclic amines) is 1. The summed E-state index contributed by atoms with van der Waals surface area (Å²) in [5, 5.41) is 21.1. The number of aliphatic carboxylic acids is 1. The molecule has 6 heteroatoms. The molecule has 0 spiro atoms. The van der Waals surface area contributed by atoms with Crippen molar-refractivity contribution < 1.29 is 19.8 Å². The maximum atomic E-state index is 12.1. The van der Waals surface area contributed by atoms with Gasteiger partial charge >= 0.3 is 12.0 Å². The molecular weight excluding hydrogens is 272 g/mol. The molecule has 114 valence electrons. The maximum Gasteiger partial charge on any atom is 0.326 e. The van der Waals surface area contributed by atoms with Crippen molar-refractivity contribution in [1.82, 2.24) is 10.2 Å². The molecule has 1 heterocycles. The first-order chi connectivity index (χ1) is 9.97. The number of benzene rings is 1. The van der Waals surface area contributed by atoms with Gasteiger partial charge in [-0.05, 0) is 37.5 Å². The van der Waals surface area contributed by atoms with E-state index in [1.54, 1.807) is 17.0 Å². The monoisotopic (exact) mass is 292 g/mol. The van der Waals surface area contributed by atoms with Crippen LogP contribution in [0.2, 0.25) is 0 Å². The lowest BCUT2D eigenvalue weighted by Gasteiger charge is -2.24. The summed E-state index contributed by atoms with van der Waals surface area (Å²) < 4.78 is 0. The molecule has 1 fully saturated rings. The van der Waals surface area contributed by atoms with Gasteiger partial charge in [0.1, 0.15) is 11.8 Å². The highest BCUT2D eigenvalue weighted by molar-refractivity contribution is 5.83. The first-order valence-electron chi connectivity index (χ1n) is 7.05. The number of nitrogens with one attached hydrogen (secondary N) is 1. The molecule has 2 amide bonds. The lowest BCUT2D eigenvalue weighted by Crippen LogP contribution is -2.49. The van der Waals surface area contributed by atoms with E-state index >= 15 is 0 Å². The van der Waals surface area contributed by atoms with E-state index in [2.05, 4.69) is 5.32 Å². The van der Waals surface area contributed by atoms with Gasteiger partial charge in [-0.25, -0.2) is 9.59 Å². The van der Waals surface area contributed by atoms with Crippen LogP contribution in [0.5, 0.6) is 5.75 Å². The van der Waals surface area contributed by atoms with Crippen LogP contribution in [0.4, 0.5) is 4.79 Å². The van der Waals surface area contributed by atoms with E-state index in [-0.39, 0.29) is 24.2 Å². The summed E-state index contributed by atoms with van der Waals surface area (Å²) in [5.41, 5.74) is 0.745. The van der Waals surface area contributed by atoms with Crippen molar-refractivity contribution in [2.45, 2.75) is 38.3 Å². The van der Waals surface area contributed by atoms with Gasteiger partial charge in [0.25, 0.3) is 0 Å². The molecule has 1 aliphatic rings. The third-order valence-corrected chi connectivity index (χ3v) is 3.79. The standard InChI is InChI=1S/C15H20N2O4/c1-10-3-2-8-17(10)15(21)16-13(14(19)20)9-11-4-6-12(18)7-5-11/h4-7,10,13,18H,2-3,8-9H2,1H3,(H,16,21)(H,19,20)/t10?,13-/m0/s1. The average Bonchev–Trinajstić information content (AvgIpc) is 2.86. The summed E-state index contributed by atoms with van der Waals surface area (Å²) >= 11 is 0. The Labute approximate surface area is 123 Å². The number of hydrogen-bond donors (Lipinski definition) is 3. The van der Waals surface area contributed by atoms with Crippen LogP contribution in [-0.2, 0) is 11.2 Å². The minimum atomic E-state index is -1.07. The molecule has 3 N–H and O–H groups in total. The Morgan fingerprint density at radius 2 is 2.05 bits per heavy atom. The van der Waals surface area contributed by atoms with Crippen LogP contribution in [0.3, 0.4) is 0 Å². The normalized spacial score (nSPS) is 19.3. The zero-order chi connectivity index (χ0) is 15.4. The minimum absolute atomic E-state index is 0.126. The summed E-state index contributed by atoms with van der Waals surface area (Å²) in [7, 11) is 0. The number of carboxylic acid groups (broad SMARTS) is 1. The Kier molecular flexibility index (Phi) is 4.67. The van der Waals surface area contributed by atoms with E-state index in [4.69, 9.17) is 0 Å². The number of phenols is 1. The molecule has 1 aromatic rings. The van der Waals surface area contributed by atoms with E-state index in [0.717, 1.165) is 18.4 Å². The predicted octanol–water partition coefficient (Wildman–Crippen LogP) is 1.58. The summed E-state index contributed by atoms with van der Waals surface area (Å²) in [6.45, 7) is 2.63. The smallest absolute Gasteiger partial charge is 0.326 e. The molecule has 2 rings (SSSR count). The summed E-state index contributed by atoms with van der Waals surface area (Å²) in [4.78, 5) is 25.1. The maximum absolute atomic E-state index is 12.1. The molecule has 2 atom stereocenters. The lowest BCUT2D eigenvalue weighted by atomic mass is 10.1. The third kappa shape index (κ3) is 3.87. The molecule has 0 aliphatic carbocycles. The quantitative estimate of drug-likeness (QED) is 0.786. The first kappa shape index (κ1) is 15.2. The lowest BCUT2D eigenvalue weighted by molar-refractivity contribution is -0.139. The summed E-state index contributed by atoms with van der Waals surface area (Å²) in [6, 6.07) is 5.14. The number of carbonyl (C=O) groups excluding carboxylic acids is 1. The molecule has 0 radical (unpaired) electrons. The van der Waals surface area contributed by atoms with Crippen LogP contribution >= 0.6 is 0 Å². The molecule has 0 bridgehead atoms. The highest BCUT2D eigenvalue weighted by Gasteiger charge is 2.28. The number of carbonyl (C=O) groups is 2. The second kappa shape index (κ2) is 6.47. The SMILES string of the molecule is CC1CCCN1C(=O)N[C@@H](Cc1ccc(O)cc1)C(=O)O. The van der Waals surface area contributed by atoms with Gasteiger partial charge in [0.15, 0.2) is 0 Å². The second-order valence-corrected chi connectivity index (χ2v) is 5.40. The van der Waals surface area contributed by atoms with Gasteiger partial charge in [-0.3, -0.25) is 0 Å². The summed E-state index contributed by atoms with van der Waals surface area (Å²) in [6.07, 6.45) is 2.08. The van der Waals surface area contributed by atoms with Crippen molar-refractivity contribution in [1.29, 1.82) is 0 Å². The molecule has 0 saturated carbocycles. The average molecular weight is 292 g/mol.